The van der Waals surface area contributed by atoms with E-state index in [0.29, 0.717) is 35.6 Å². The molecule has 1 saturated heterocycles. The Hall–Kier alpha value is -1.02. The van der Waals surface area contributed by atoms with Crippen molar-refractivity contribution in [1.82, 2.24) is 14.9 Å². The number of nitrogens with one attached hydrogen (secondary N) is 2. The molecular formula is C18H28Cl2N4O2S. The summed E-state index contributed by atoms with van der Waals surface area (Å²) in [7, 11) is -3.09. The average molecular weight is 435 g/mol. The van der Waals surface area contributed by atoms with E-state index in [1.54, 1.807) is 10.4 Å². The lowest BCUT2D eigenvalue weighted by Gasteiger charge is -2.29. The molecule has 1 heterocycles. The van der Waals surface area contributed by atoms with Gasteiger partial charge in [0.05, 0.1) is 22.3 Å². The third-order valence-electron chi connectivity index (χ3n) is 4.69. The van der Waals surface area contributed by atoms with Crippen molar-refractivity contribution < 1.29 is 8.42 Å². The van der Waals surface area contributed by atoms with Gasteiger partial charge in [-0.1, -0.05) is 29.3 Å². The molecule has 2 rings (SSSR count). The number of rotatable bonds is 6. The molecule has 1 atom stereocenters. The van der Waals surface area contributed by atoms with Crippen molar-refractivity contribution in [2.75, 3.05) is 32.4 Å². The van der Waals surface area contributed by atoms with Crippen molar-refractivity contribution in [2.24, 2.45) is 10.9 Å². The largest absolute Gasteiger partial charge is 0.357 e. The Morgan fingerprint density at radius 2 is 1.96 bits per heavy atom. The minimum absolute atomic E-state index is 0.0182. The number of halogens is 2. The molecule has 1 aliphatic rings. The highest BCUT2D eigenvalue weighted by Gasteiger charge is 2.24. The Labute approximate surface area is 172 Å². The first-order valence-electron chi connectivity index (χ1n) is 9.15. The molecule has 0 aliphatic carbocycles. The molecule has 1 fully saturated rings. The fraction of sp³-hybridized carbons (Fsp3) is 0.611. The predicted molar refractivity (Wildman–Crippen MR) is 113 cm³/mol. The van der Waals surface area contributed by atoms with Crippen LogP contribution in [0.1, 0.15) is 38.3 Å². The zero-order chi connectivity index (χ0) is 20.0. The van der Waals surface area contributed by atoms with E-state index in [4.69, 9.17) is 28.2 Å². The van der Waals surface area contributed by atoms with E-state index in [1.165, 1.54) is 6.26 Å². The number of sulfonamides is 1. The molecule has 6 nitrogen and oxygen atoms in total. The predicted octanol–water partition coefficient (Wildman–Crippen LogP) is 3.28. The first-order valence-corrected chi connectivity index (χ1v) is 11.8. The summed E-state index contributed by atoms with van der Waals surface area (Å²) in [4.78, 5) is 4.70. The second-order valence-electron chi connectivity index (χ2n) is 6.86. The highest BCUT2D eigenvalue weighted by molar-refractivity contribution is 7.88. The molecule has 1 aliphatic heterocycles. The van der Waals surface area contributed by atoms with Crippen LogP contribution in [0.3, 0.4) is 0 Å². The number of guanidine groups is 1. The molecule has 152 valence electrons. The van der Waals surface area contributed by atoms with Crippen LogP contribution in [0.2, 0.25) is 10.0 Å². The van der Waals surface area contributed by atoms with Gasteiger partial charge < -0.3 is 10.6 Å². The maximum Gasteiger partial charge on any atom is 0.211 e. The van der Waals surface area contributed by atoms with Gasteiger partial charge in [-0.25, -0.2) is 12.7 Å². The molecule has 0 spiro atoms. The van der Waals surface area contributed by atoms with Gasteiger partial charge in [-0.15, -0.1) is 0 Å². The van der Waals surface area contributed by atoms with Crippen molar-refractivity contribution >= 4 is 39.2 Å². The molecule has 0 aromatic heterocycles. The Balaban J connectivity index is 1.95. The van der Waals surface area contributed by atoms with E-state index in [9.17, 15) is 8.42 Å². The Kier molecular flexibility index (Phi) is 8.21. The minimum Gasteiger partial charge on any atom is -0.357 e. The molecular weight excluding hydrogens is 407 g/mol. The summed E-state index contributed by atoms with van der Waals surface area (Å²) in [5.41, 5.74) is 1.02. The lowest BCUT2D eigenvalue weighted by molar-refractivity contribution is 0.280. The maximum absolute atomic E-state index is 11.6. The molecule has 1 aromatic carbocycles. The molecule has 0 saturated carbocycles. The zero-order valence-electron chi connectivity index (χ0n) is 16.0. The third kappa shape index (κ3) is 6.82. The van der Waals surface area contributed by atoms with E-state index < -0.39 is 10.0 Å². The lowest BCUT2D eigenvalue weighted by atomic mass is 9.98. The van der Waals surface area contributed by atoms with Crippen molar-refractivity contribution in [1.29, 1.82) is 0 Å². The molecule has 1 aromatic rings. The van der Waals surface area contributed by atoms with Crippen LogP contribution in [-0.2, 0) is 10.0 Å². The van der Waals surface area contributed by atoms with Crippen LogP contribution >= 0.6 is 23.2 Å². The van der Waals surface area contributed by atoms with Crippen LogP contribution in [0, 0.1) is 5.92 Å². The van der Waals surface area contributed by atoms with Crippen LogP contribution < -0.4 is 10.6 Å². The number of aliphatic imine (C=N–C) groups is 1. The molecule has 1 unspecified atom stereocenters. The van der Waals surface area contributed by atoms with Crippen LogP contribution in [-0.4, -0.2) is 51.1 Å². The number of hydrogen-bond acceptors (Lipinski definition) is 3. The monoisotopic (exact) mass is 434 g/mol. The van der Waals surface area contributed by atoms with Gasteiger partial charge in [0.2, 0.25) is 10.0 Å². The Morgan fingerprint density at radius 1 is 1.30 bits per heavy atom. The zero-order valence-corrected chi connectivity index (χ0v) is 18.3. The SMILES string of the molecule is CCNC(=NCC1CCN(S(C)(=O)=O)CC1)NC(C)c1ccc(Cl)c(Cl)c1. The van der Waals surface area contributed by atoms with E-state index in [0.717, 1.165) is 30.9 Å². The molecule has 0 amide bonds. The maximum atomic E-state index is 11.6. The summed E-state index contributed by atoms with van der Waals surface area (Å²) in [6, 6.07) is 5.60. The molecule has 27 heavy (non-hydrogen) atoms. The lowest BCUT2D eigenvalue weighted by Crippen LogP contribution is -2.40. The topological polar surface area (TPSA) is 73.8 Å². The van der Waals surface area contributed by atoms with Gasteiger partial charge in [0, 0.05) is 26.2 Å². The molecule has 9 heteroatoms. The Bertz CT molecular complexity index is 763. The first kappa shape index (κ1) is 22.3. The van der Waals surface area contributed by atoms with Crippen LogP contribution in [0.5, 0.6) is 0 Å². The summed E-state index contributed by atoms with van der Waals surface area (Å²) in [6.07, 6.45) is 2.93. The fourth-order valence-electron chi connectivity index (χ4n) is 3.03. The van der Waals surface area contributed by atoms with Crippen molar-refractivity contribution in [3.63, 3.8) is 0 Å². The van der Waals surface area contributed by atoms with Crippen LogP contribution in [0.4, 0.5) is 0 Å². The third-order valence-corrected chi connectivity index (χ3v) is 6.73. The van der Waals surface area contributed by atoms with Gasteiger partial charge in [0.25, 0.3) is 0 Å². The van der Waals surface area contributed by atoms with Gasteiger partial charge in [0.1, 0.15) is 0 Å². The van der Waals surface area contributed by atoms with Crippen molar-refractivity contribution in [3.05, 3.63) is 33.8 Å². The van der Waals surface area contributed by atoms with Crippen molar-refractivity contribution in [3.8, 4) is 0 Å². The second kappa shape index (κ2) is 9.96. The number of hydrogen-bond donors (Lipinski definition) is 2. The summed E-state index contributed by atoms with van der Waals surface area (Å²) in [6.45, 7) is 6.63. The Morgan fingerprint density at radius 3 is 2.52 bits per heavy atom. The van der Waals surface area contributed by atoms with Crippen LogP contribution in [0.15, 0.2) is 23.2 Å². The van der Waals surface area contributed by atoms with Gasteiger partial charge >= 0.3 is 0 Å². The quantitative estimate of drug-likeness (QED) is 0.531. The normalized spacial score (nSPS) is 18.3. The van der Waals surface area contributed by atoms with Crippen LogP contribution in [0.25, 0.3) is 0 Å². The van der Waals surface area contributed by atoms with Gasteiger partial charge in [-0.05, 0) is 50.3 Å². The number of benzene rings is 1. The highest BCUT2D eigenvalue weighted by Crippen LogP contribution is 2.25. The number of piperidine rings is 1. The summed E-state index contributed by atoms with van der Waals surface area (Å²) < 4.78 is 24.8. The summed E-state index contributed by atoms with van der Waals surface area (Å²) in [5.74, 6) is 1.13. The van der Waals surface area contributed by atoms with Gasteiger partial charge in [0.15, 0.2) is 5.96 Å². The van der Waals surface area contributed by atoms with Gasteiger partial charge in [-0.3, -0.25) is 4.99 Å². The van der Waals surface area contributed by atoms with Gasteiger partial charge in [-0.2, -0.15) is 0 Å². The number of nitrogens with zero attached hydrogens (tertiary/aromatic N) is 2. The van der Waals surface area contributed by atoms with E-state index in [2.05, 4.69) is 10.6 Å². The standard InChI is InChI=1S/C18H28Cl2N4O2S/c1-4-21-18(23-13(2)15-5-6-16(19)17(20)11-15)22-12-14-7-9-24(10-8-14)27(3,25)26/h5-6,11,13-14H,4,7-10,12H2,1-3H3,(H2,21,22,23). The van der Waals surface area contributed by atoms with E-state index in [-0.39, 0.29) is 6.04 Å². The molecule has 0 bridgehead atoms. The van der Waals surface area contributed by atoms with E-state index in [1.807, 2.05) is 26.0 Å². The smallest absolute Gasteiger partial charge is 0.211 e. The second-order valence-corrected chi connectivity index (χ2v) is 9.66. The molecule has 0 radical (unpaired) electrons. The molecule has 2 N–H and O–H groups in total. The fourth-order valence-corrected chi connectivity index (χ4v) is 4.21. The first-order chi connectivity index (χ1) is 12.7. The minimum atomic E-state index is -3.09. The van der Waals surface area contributed by atoms with E-state index >= 15 is 0 Å². The highest BCUT2D eigenvalue weighted by atomic mass is 35.5. The average Bonchev–Trinajstić information content (AvgIpc) is 2.61. The summed E-state index contributed by atoms with van der Waals surface area (Å²) >= 11 is 12.1. The summed E-state index contributed by atoms with van der Waals surface area (Å²) in [5, 5.41) is 7.71. The van der Waals surface area contributed by atoms with Crippen molar-refractivity contribution in [2.45, 2.75) is 32.7 Å².